The van der Waals surface area contributed by atoms with Gasteiger partial charge in [0.2, 0.25) is 0 Å². The molecule has 6 heteroatoms. The highest BCUT2D eigenvalue weighted by Crippen LogP contribution is 2.15. The minimum Gasteiger partial charge on any atom is -0.346 e. The number of carbonyl (C=O) groups is 1. The number of rotatable bonds is 6. The van der Waals surface area contributed by atoms with Crippen molar-refractivity contribution in [2.24, 2.45) is 0 Å². The summed E-state index contributed by atoms with van der Waals surface area (Å²) in [6.07, 6.45) is 1.66. The lowest BCUT2D eigenvalue weighted by Gasteiger charge is -2.14. The van der Waals surface area contributed by atoms with Gasteiger partial charge in [-0.2, -0.15) is 0 Å². The van der Waals surface area contributed by atoms with E-state index >= 15 is 0 Å². The molecule has 0 unspecified atom stereocenters. The van der Waals surface area contributed by atoms with E-state index in [-0.39, 0.29) is 11.5 Å². The molecule has 1 aromatic carbocycles. The highest BCUT2D eigenvalue weighted by atomic mass is 32.1. The van der Waals surface area contributed by atoms with E-state index < -0.39 is 5.82 Å². The molecule has 0 aliphatic carbocycles. The molecular weight excluding hydrogens is 339 g/mol. The number of fused-ring (bicyclic) bond motifs is 1. The molecule has 3 aromatic rings. The zero-order valence-electron chi connectivity index (χ0n) is 13.9. The number of hydrogen-bond donors (Lipinski definition) is 1. The van der Waals surface area contributed by atoms with E-state index in [0.717, 1.165) is 17.7 Å². The van der Waals surface area contributed by atoms with Crippen LogP contribution in [-0.2, 0) is 13.1 Å². The van der Waals surface area contributed by atoms with Crippen molar-refractivity contribution in [3.05, 3.63) is 68.5 Å². The van der Waals surface area contributed by atoms with Crippen molar-refractivity contribution in [3.63, 3.8) is 0 Å². The van der Waals surface area contributed by atoms with E-state index in [9.17, 15) is 14.0 Å². The summed E-state index contributed by atoms with van der Waals surface area (Å²) >= 11 is 1.56. The summed E-state index contributed by atoms with van der Waals surface area (Å²) in [5, 5.41) is 5.67. The van der Waals surface area contributed by atoms with Crippen LogP contribution in [-0.4, -0.2) is 10.5 Å². The van der Waals surface area contributed by atoms with Gasteiger partial charge < -0.3 is 9.88 Å². The summed E-state index contributed by atoms with van der Waals surface area (Å²) in [5.41, 5.74) is -0.0131. The molecule has 0 spiro atoms. The number of carbonyl (C=O) groups excluding carboxylic acids is 1. The average Bonchev–Trinajstić information content (AvgIpc) is 3.13. The minimum atomic E-state index is -0.457. The van der Waals surface area contributed by atoms with Gasteiger partial charge in [0.15, 0.2) is 0 Å². The van der Waals surface area contributed by atoms with Crippen molar-refractivity contribution in [3.8, 4) is 0 Å². The second-order valence-corrected chi connectivity index (χ2v) is 6.87. The monoisotopic (exact) mass is 358 g/mol. The Kier molecular flexibility index (Phi) is 5.28. The second kappa shape index (κ2) is 7.61. The van der Waals surface area contributed by atoms with Crippen LogP contribution >= 0.6 is 11.3 Å². The van der Waals surface area contributed by atoms with Gasteiger partial charge in [-0.25, -0.2) is 4.39 Å². The number of pyridine rings is 1. The summed E-state index contributed by atoms with van der Waals surface area (Å²) < 4.78 is 15.0. The molecule has 0 saturated heterocycles. The van der Waals surface area contributed by atoms with Crippen molar-refractivity contribution in [2.75, 3.05) is 0 Å². The maximum absolute atomic E-state index is 13.5. The van der Waals surface area contributed by atoms with Gasteiger partial charge in [0, 0.05) is 11.4 Å². The van der Waals surface area contributed by atoms with E-state index in [0.29, 0.717) is 29.6 Å². The van der Waals surface area contributed by atoms with Crippen LogP contribution in [0.3, 0.4) is 0 Å². The summed E-state index contributed by atoms with van der Waals surface area (Å²) in [6, 6.07) is 9.59. The van der Waals surface area contributed by atoms with Gasteiger partial charge in [-0.15, -0.1) is 11.3 Å². The number of thiophene rings is 1. The maximum atomic E-state index is 13.5. The molecule has 1 N–H and O–H groups in total. The second-order valence-electron chi connectivity index (χ2n) is 5.83. The van der Waals surface area contributed by atoms with Gasteiger partial charge in [0.05, 0.1) is 11.9 Å². The first-order chi connectivity index (χ1) is 12.1. The number of nitrogens with zero attached hydrogens (tertiary/aromatic N) is 1. The van der Waals surface area contributed by atoms with Crippen LogP contribution in [0.15, 0.2) is 46.6 Å². The quantitative estimate of drug-likeness (QED) is 0.726. The fourth-order valence-electron chi connectivity index (χ4n) is 2.72. The minimum absolute atomic E-state index is 0.297. The van der Waals surface area contributed by atoms with E-state index in [2.05, 4.69) is 5.32 Å². The first-order valence-electron chi connectivity index (χ1n) is 8.24. The van der Waals surface area contributed by atoms with Crippen LogP contribution in [0.1, 0.15) is 35.1 Å². The topological polar surface area (TPSA) is 51.1 Å². The third-order valence-corrected chi connectivity index (χ3v) is 4.92. The van der Waals surface area contributed by atoms with Crippen LogP contribution in [0.2, 0.25) is 0 Å². The number of hydrogen-bond acceptors (Lipinski definition) is 3. The van der Waals surface area contributed by atoms with Gasteiger partial charge in [0.25, 0.3) is 11.5 Å². The smallest absolute Gasteiger partial charge is 0.268 e. The molecular formula is C19H19FN2O2S. The predicted octanol–water partition coefficient (Wildman–Crippen LogP) is 3.93. The summed E-state index contributed by atoms with van der Waals surface area (Å²) in [6.45, 7) is 2.87. The van der Waals surface area contributed by atoms with Crippen LogP contribution in [0.5, 0.6) is 0 Å². The number of halogens is 1. The standard InChI is InChI=1S/C19H19FN2O2S/c1-2-3-8-22-17(18(23)21-12-15-5-4-9-25-15)10-13-6-7-14(20)11-16(13)19(22)24/h4-7,9-11H,2-3,8,12H2,1H3,(H,21,23). The molecule has 0 saturated carbocycles. The molecule has 4 nitrogen and oxygen atoms in total. The Bertz CT molecular complexity index is 948. The summed E-state index contributed by atoms with van der Waals surface area (Å²) in [5.74, 6) is -0.755. The molecule has 130 valence electrons. The Morgan fingerprint density at radius 1 is 1.28 bits per heavy atom. The third-order valence-electron chi connectivity index (χ3n) is 4.05. The average molecular weight is 358 g/mol. The van der Waals surface area contributed by atoms with Crippen molar-refractivity contribution >= 4 is 28.0 Å². The molecule has 0 aliphatic heterocycles. The molecule has 0 bridgehead atoms. The van der Waals surface area contributed by atoms with Gasteiger partial charge in [-0.3, -0.25) is 9.59 Å². The zero-order chi connectivity index (χ0) is 17.8. The van der Waals surface area contributed by atoms with Gasteiger partial charge >= 0.3 is 0 Å². The molecule has 0 aliphatic rings. The predicted molar refractivity (Wildman–Crippen MR) is 98.6 cm³/mol. The van der Waals surface area contributed by atoms with Crippen molar-refractivity contribution in [1.29, 1.82) is 0 Å². The zero-order valence-corrected chi connectivity index (χ0v) is 14.7. The van der Waals surface area contributed by atoms with Gasteiger partial charge in [0.1, 0.15) is 11.5 Å². The Morgan fingerprint density at radius 3 is 2.84 bits per heavy atom. The molecule has 0 radical (unpaired) electrons. The van der Waals surface area contributed by atoms with Crippen LogP contribution in [0.25, 0.3) is 10.8 Å². The van der Waals surface area contributed by atoms with Crippen molar-refractivity contribution in [1.82, 2.24) is 9.88 Å². The molecule has 2 aromatic heterocycles. The van der Waals surface area contributed by atoms with E-state index in [1.54, 1.807) is 17.4 Å². The molecule has 3 rings (SSSR count). The highest BCUT2D eigenvalue weighted by molar-refractivity contribution is 7.09. The van der Waals surface area contributed by atoms with Gasteiger partial charge in [-0.1, -0.05) is 25.5 Å². The number of aromatic nitrogens is 1. The Morgan fingerprint density at radius 2 is 2.12 bits per heavy atom. The van der Waals surface area contributed by atoms with Crippen LogP contribution in [0.4, 0.5) is 4.39 Å². The lowest BCUT2D eigenvalue weighted by molar-refractivity contribution is 0.0940. The Hall–Kier alpha value is -2.47. The van der Waals surface area contributed by atoms with Crippen LogP contribution in [0, 0.1) is 5.82 Å². The van der Waals surface area contributed by atoms with Crippen LogP contribution < -0.4 is 10.9 Å². The number of nitrogens with one attached hydrogen (secondary N) is 1. The third kappa shape index (κ3) is 3.79. The van der Waals surface area contributed by atoms with Crippen molar-refractivity contribution < 1.29 is 9.18 Å². The maximum Gasteiger partial charge on any atom is 0.268 e. The van der Waals surface area contributed by atoms with E-state index in [4.69, 9.17) is 0 Å². The summed E-state index contributed by atoms with van der Waals surface area (Å²) in [4.78, 5) is 26.4. The lowest BCUT2D eigenvalue weighted by atomic mass is 10.1. The number of amides is 1. The fraction of sp³-hybridized carbons (Fsp3) is 0.263. The number of benzene rings is 1. The molecule has 0 fully saturated rings. The molecule has 1 amide bonds. The Labute approximate surface area is 148 Å². The van der Waals surface area contributed by atoms with E-state index in [1.807, 2.05) is 24.4 Å². The summed E-state index contributed by atoms with van der Waals surface area (Å²) in [7, 11) is 0. The molecule has 0 atom stereocenters. The first kappa shape index (κ1) is 17.4. The SMILES string of the molecule is CCCCn1c(C(=O)NCc2cccs2)cc2ccc(F)cc2c1=O. The Balaban J connectivity index is 2.00. The number of unbranched alkanes of at least 4 members (excludes halogenated alkanes) is 1. The highest BCUT2D eigenvalue weighted by Gasteiger charge is 2.16. The van der Waals surface area contributed by atoms with Gasteiger partial charge in [-0.05, 0) is 41.5 Å². The lowest BCUT2D eigenvalue weighted by Crippen LogP contribution is -2.32. The normalized spacial score (nSPS) is 11.0. The molecule has 2 heterocycles. The fourth-order valence-corrected chi connectivity index (χ4v) is 3.36. The van der Waals surface area contributed by atoms with E-state index in [1.165, 1.54) is 22.8 Å². The first-order valence-corrected chi connectivity index (χ1v) is 9.12. The largest absolute Gasteiger partial charge is 0.346 e. The van der Waals surface area contributed by atoms with Crippen molar-refractivity contribution in [2.45, 2.75) is 32.9 Å². The molecule has 25 heavy (non-hydrogen) atoms.